The van der Waals surface area contributed by atoms with Crippen molar-refractivity contribution < 1.29 is 9.15 Å². The topological polar surface area (TPSA) is 82.2 Å². The van der Waals surface area contributed by atoms with Gasteiger partial charge in [-0.25, -0.2) is 19.6 Å². The zero-order valence-corrected chi connectivity index (χ0v) is 20.7. The van der Waals surface area contributed by atoms with Gasteiger partial charge in [-0.3, -0.25) is 8.97 Å². The van der Waals surface area contributed by atoms with Crippen molar-refractivity contribution in [2.45, 2.75) is 12.8 Å². The number of aryl methyl sites for hydroxylation is 1. The van der Waals surface area contributed by atoms with Crippen molar-refractivity contribution in [1.82, 2.24) is 23.8 Å². The molecule has 1 aliphatic rings. The SMILES string of the molecule is [C-]#[N+]c1ccc(-c2nc(OC[C@@H]3CCCN(C)C3)c3cncn3c2-c2ccc3c(c2)oc(=O)n3C)cc1. The van der Waals surface area contributed by atoms with Crippen molar-refractivity contribution in [3.63, 3.8) is 0 Å². The molecular formula is C28H26N6O3. The number of likely N-dealkylation sites (tertiary alicyclic amines) is 1. The Balaban J connectivity index is 1.51. The molecule has 186 valence electrons. The molecule has 4 heterocycles. The number of imidazole rings is 1. The van der Waals surface area contributed by atoms with E-state index in [2.05, 4.69) is 21.8 Å². The van der Waals surface area contributed by atoms with Gasteiger partial charge in [-0.15, -0.1) is 0 Å². The normalized spacial score (nSPS) is 16.3. The predicted octanol–water partition coefficient (Wildman–Crippen LogP) is 4.78. The van der Waals surface area contributed by atoms with Crippen LogP contribution in [0.3, 0.4) is 0 Å². The smallest absolute Gasteiger partial charge is 0.419 e. The minimum absolute atomic E-state index is 0.412. The van der Waals surface area contributed by atoms with Gasteiger partial charge in [-0.2, -0.15) is 0 Å². The molecule has 1 aliphatic heterocycles. The minimum atomic E-state index is -0.412. The van der Waals surface area contributed by atoms with Crippen molar-refractivity contribution in [3.05, 3.63) is 77.0 Å². The monoisotopic (exact) mass is 494 g/mol. The van der Waals surface area contributed by atoms with Gasteiger partial charge in [0.1, 0.15) is 5.52 Å². The van der Waals surface area contributed by atoms with Gasteiger partial charge in [-0.1, -0.05) is 30.3 Å². The number of hydrogen-bond donors (Lipinski definition) is 0. The maximum Gasteiger partial charge on any atom is 0.419 e. The van der Waals surface area contributed by atoms with Crippen molar-refractivity contribution in [1.29, 1.82) is 0 Å². The maximum absolute atomic E-state index is 12.1. The molecule has 1 atom stereocenters. The van der Waals surface area contributed by atoms with Crippen LogP contribution in [0.1, 0.15) is 12.8 Å². The molecule has 1 fully saturated rings. The lowest BCUT2D eigenvalue weighted by molar-refractivity contribution is 0.148. The Morgan fingerprint density at radius 2 is 1.95 bits per heavy atom. The lowest BCUT2D eigenvalue weighted by atomic mass is 10.00. The van der Waals surface area contributed by atoms with E-state index in [9.17, 15) is 4.79 Å². The molecule has 0 spiro atoms. The van der Waals surface area contributed by atoms with Crippen LogP contribution in [0.25, 0.3) is 44.0 Å². The maximum atomic E-state index is 12.1. The first-order chi connectivity index (χ1) is 18.0. The molecule has 0 N–H and O–H groups in total. The number of benzene rings is 2. The van der Waals surface area contributed by atoms with E-state index in [0.29, 0.717) is 40.9 Å². The Bertz CT molecular complexity index is 1710. The number of nitrogens with zero attached hydrogens (tertiary/aromatic N) is 6. The van der Waals surface area contributed by atoms with Gasteiger partial charge < -0.3 is 14.1 Å². The van der Waals surface area contributed by atoms with Crippen molar-refractivity contribution in [2.75, 3.05) is 26.7 Å². The molecule has 0 unspecified atom stereocenters. The zero-order chi connectivity index (χ0) is 25.5. The van der Waals surface area contributed by atoms with Gasteiger partial charge in [0.15, 0.2) is 11.3 Å². The Morgan fingerprint density at radius 1 is 1.14 bits per heavy atom. The molecule has 9 nitrogen and oxygen atoms in total. The standard InChI is InChI=1S/C28H26N6O3/c1-29-21-9-6-19(7-10-21)25-26(20-8-11-22-24(13-20)37-28(35)33(22)3)34-17-30-14-23(34)27(31-25)36-16-18-5-4-12-32(2)15-18/h6-11,13-14,17-18H,4-5,12,15-16H2,2-3H3/t18-/m1/s1. The number of piperidine rings is 1. The van der Waals surface area contributed by atoms with Gasteiger partial charge in [0.25, 0.3) is 0 Å². The van der Waals surface area contributed by atoms with Crippen LogP contribution in [-0.2, 0) is 7.05 Å². The summed E-state index contributed by atoms with van der Waals surface area (Å²) >= 11 is 0. The molecule has 0 aliphatic carbocycles. The third-order valence-corrected chi connectivity index (χ3v) is 7.05. The highest BCUT2D eigenvalue weighted by molar-refractivity contribution is 5.87. The zero-order valence-electron chi connectivity index (χ0n) is 20.7. The van der Waals surface area contributed by atoms with Gasteiger partial charge in [0.05, 0.1) is 42.6 Å². The van der Waals surface area contributed by atoms with E-state index in [1.165, 1.54) is 4.57 Å². The van der Waals surface area contributed by atoms with E-state index in [4.69, 9.17) is 20.7 Å². The fraction of sp³-hybridized carbons (Fsp3) is 0.286. The van der Waals surface area contributed by atoms with Gasteiger partial charge in [0, 0.05) is 25.1 Å². The molecule has 0 amide bonds. The summed E-state index contributed by atoms with van der Waals surface area (Å²) in [4.78, 5) is 27.4. The van der Waals surface area contributed by atoms with E-state index in [0.717, 1.165) is 48.3 Å². The fourth-order valence-electron chi connectivity index (χ4n) is 5.12. The molecule has 0 saturated carbocycles. The second kappa shape index (κ2) is 9.22. The molecule has 0 radical (unpaired) electrons. The van der Waals surface area contributed by atoms with Crippen molar-refractivity contribution in [2.24, 2.45) is 13.0 Å². The average Bonchev–Trinajstić information content (AvgIpc) is 3.51. The Kier molecular flexibility index (Phi) is 5.74. The fourth-order valence-corrected chi connectivity index (χ4v) is 5.12. The molecule has 3 aromatic heterocycles. The molecule has 6 rings (SSSR count). The Labute approximate surface area is 213 Å². The van der Waals surface area contributed by atoms with Crippen LogP contribution in [0.2, 0.25) is 0 Å². The number of hydrogen-bond acceptors (Lipinski definition) is 6. The van der Waals surface area contributed by atoms with Crippen LogP contribution in [0.15, 0.2) is 64.2 Å². The van der Waals surface area contributed by atoms with Crippen LogP contribution in [0, 0.1) is 12.5 Å². The summed E-state index contributed by atoms with van der Waals surface area (Å²) < 4.78 is 15.3. The minimum Gasteiger partial charge on any atom is -0.476 e. The highest BCUT2D eigenvalue weighted by atomic mass is 16.5. The first kappa shape index (κ1) is 23.0. The van der Waals surface area contributed by atoms with E-state index in [-0.39, 0.29) is 0 Å². The molecule has 1 saturated heterocycles. The van der Waals surface area contributed by atoms with Crippen LogP contribution in [-0.4, -0.2) is 50.6 Å². The summed E-state index contributed by atoms with van der Waals surface area (Å²) in [6.45, 7) is 10.0. The number of ether oxygens (including phenoxy) is 1. The highest BCUT2D eigenvalue weighted by Gasteiger charge is 2.22. The second-order valence-electron chi connectivity index (χ2n) is 9.61. The van der Waals surface area contributed by atoms with Crippen molar-refractivity contribution in [3.8, 4) is 28.4 Å². The third-order valence-electron chi connectivity index (χ3n) is 7.05. The van der Waals surface area contributed by atoms with Crippen LogP contribution in [0.5, 0.6) is 5.88 Å². The third kappa shape index (κ3) is 4.15. The quantitative estimate of drug-likeness (QED) is 0.327. The van der Waals surface area contributed by atoms with Gasteiger partial charge >= 0.3 is 5.76 Å². The van der Waals surface area contributed by atoms with Crippen LogP contribution in [0.4, 0.5) is 5.69 Å². The predicted molar refractivity (Wildman–Crippen MR) is 141 cm³/mol. The largest absolute Gasteiger partial charge is 0.476 e. The molecule has 37 heavy (non-hydrogen) atoms. The van der Waals surface area contributed by atoms with Crippen molar-refractivity contribution >= 4 is 22.3 Å². The Hall–Kier alpha value is -4.42. The number of rotatable bonds is 5. The first-order valence-electron chi connectivity index (χ1n) is 12.3. The van der Waals surface area contributed by atoms with E-state index < -0.39 is 5.76 Å². The number of oxazole rings is 1. The lowest BCUT2D eigenvalue weighted by Crippen LogP contribution is -2.34. The molecule has 2 aromatic carbocycles. The van der Waals surface area contributed by atoms with Crippen LogP contribution < -0.4 is 10.5 Å². The summed E-state index contributed by atoms with van der Waals surface area (Å²) in [5, 5.41) is 0. The summed E-state index contributed by atoms with van der Waals surface area (Å²) in [7, 11) is 3.83. The average molecular weight is 495 g/mol. The highest BCUT2D eigenvalue weighted by Crippen LogP contribution is 2.37. The summed E-state index contributed by atoms with van der Waals surface area (Å²) in [5.74, 6) is 0.546. The lowest BCUT2D eigenvalue weighted by Gasteiger charge is -2.29. The molecule has 5 aromatic rings. The summed E-state index contributed by atoms with van der Waals surface area (Å²) in [6.07, 6.45) is 5.79. The molecular weight excluding hydrogens is 468 g/mol. The van der Waals surface area contributed by atoms with E-state index >= 15 is 0 Å². The van der Waals surface area contributed by atoms with E-state index in [1.54, 1.807) is 31.7 Å². The molecule has 0 bridgehead atoms. The number of aromatic nitrogens is 4. The van der Waals surface area contributed by atoms with E-state index in [1.807, 2.05) is 34.7 Å². The van der Waals surface area contributed by atoms with Gasteiger partial charge in [0.2, 0.25) is 5.88 Å². The van der Waals surface area contributed by atoms with Gasteiger partial charge in [-0.05, 0) is 44.1 Å². The number of fused-ring (bicyclic) bond motifs is 2. The first-order valence-corrected chi connectivity index (χ1v) is 12.3. The Morgan fingerprint density at radius 3 is 2.73 bits per heavy atom. The molecule has 9 heteroatoms. The van der Waals surface area contributed by atoms with Crippen LogP contribution >= 0.6 is 0 Å². The summed E-state index contributed by atoms with van der Waals surface area (Å²) in [6, 6.07) is 13.0. The second-order valence-corrected chi connectivity index (χ2v) is 9.61. The summed E-state index contributed by atoms with van der Waals surface area (Å²) in [5.41, 5.74) is 5.67.